The van der Waals surface area contributed by atoms with Crippen molar-refractivity contribution in [1.82, 2.24) is 4.98 Å². The highest BCUT2D eigenvalue weighted by Crippen LogP contribution is 2.24. The normalized spacial score (nSPS) is 10.2. The van der Waals surface area contributed by atoms with Crippen LogP contribution in [0, 0.1) is 5.82 Å². The Kier molecular flexibility index (Phi) is 3.58. The topological polar surface area (TPSA) is 39.2 Å². The number of aromatic nitrogens is 1. The first-order chi connectivity index (χ1) is 8.63. The molecule has 1 heterocycles. The van der Waals surface area contributed by atoms with Crippen molar-refractivity contribution in [2.75, 3.05) is 7.11 Å². The lowest BCUT2D eigenvalue weighted by atomic mass is 10.1. The van der Waals surface area contributed by atoms with Crippen molar-refractivity contribution in [1.29, 1.82) is 0 Å². The molecule has 0 N–H and O–H groups in total. The van der Waals surface area contributed by atoms with Gasteiger partial charge in [-0.05, 0) is 30.3 Å². The largest absolute Gasteiger partial charge is 0.496 e. The van der Waals surface area contributed by atoms with E-state index in [-0.39, 0.29) is 22.0 Å². The standard InChI is InChI=1S/C13H9ClFNO2/c1-18-11-5-4-8(15)7-9(11)13(17)12-10(14)3-2-6-16-12/h2-7H,1H3. The molecule has 0 aliphatic heterocycles. The summed E-state index contributed by atoms with van der Waals surface area (Å²) in [5, 5.41) is 0.216. The van der Waals surface area contributed by atoms with Crippen LogP contribution in [-0.2, 0) is 0 Å². The lowest BCUT2D eigenvalue weighted by Crippen LogP contribution is -2.07. The summed E-state index contributed by atoms with van der Waals surface area (Å²) in [4.78, 5) is 16.1. The SMILES string of the molecule is COc1ccc(F)cc1C(=O)c1ncccc1Cl. The first kappa shape index (κ1) is 12.5. The summed E-state index contributed by atoms with van der Waals surface area (Å²) in [5.74, 6) is -0.716. The second-order valence-electron chi connectivity index (χ2n) is 3.51. The number of carbonyl (C=O) groups excluding carboxylic acids is 1. The maximum absolute atomic E-state index is 13.2. The summed E-state index contributed by atoms with van der Waals surface area (Å²) in [5.41, 5.74) is 0.168. The van der Waals surface area contributed by atoms with E-state index in [0.29, 0.717) is 0 Å². The molecule has 0 spiro atoms. The van der Waals surface area contributed by atoms with Gasteiger partial charge in [0, 0.05) is 6.20 Å². The Hall–Kier alpha value is -1.94. The summed E-state index contributed by atoms with van der Waals surface area (Å²) in [6.07, 6.45) is 1.45. The maximum atomic E-state index is 13.2. The molecule has 0 atom stereocenters. The van der Waals surface area contributed by atoms with Crippen LogP contribution in [0.5, 0.6) is 5.75 Å². The van der Waals surface area contributed by atoms with Gasteiger partial charge < -0.3 is 4.74 Å². The highest BCUT2D eigenvalue weighted by Gasteiger charge is 2.18. The maximum Gasteiger partial charge on any atom is 0.216 e. The van der Waals surface area contributed by atoms with Crippen molar-refractivity contribution in [2.45, 2.75) is 0 Å². The van der Waals surface area contributed by atoms with Crippen LogP contribution in [0.4, 0.5) is 4.39 Å². The van der Waals surface area contributed by atoms with Crippen molar-refractivity contribution in [3.8, 4) is 5.75 Å². The zero-order chi connectivity index (χ0) is 13.1. The lowest BCUT2D eigenvalue weighted by molar-refractivity contribution is 0.103. The molecular weight excluding hydrogens is 257 g/mol. The average Bonchev–Trinajstić information content (AvgIpc) is 2.38. The summed E-state index contributed by atoms with van der Waals surface area (Å²) >= 11 is 5.89. The van der Waals surface area contributed by atoms with Crippen molar-refractivity contribution < 1.29 is 13.9 Å². The average molecular weight is 266 g/mol. The van der Waals surface area contributed by atoms with E-state index in [1.54, 1.807) is 12.1 Å². The third-order valence-corrected chi connectivity index (χ3v) is 2.68. The molecule has 1 aromatic heterocycles. The minimum absolute atomic E-state index is 0.0723. The second kappa shape index (κ2) is 5.14. The Bertz CT molecular complexity index is 601. The van der Waals surface area contributed by atoms with Crippen LogP contribution >= 0.6 is 11.6 Å². The Labute approximate surface area is 108 Å². The van der Waals surface area contributed by atoms with Gasteiger partial charge in [-0.15, -0.1) is 0 Å². The number of ether oxygens (including phenoxy) is 1. The molecule has 92 valence electrons. The number of methoxy groups -OCH3 is 1. The van der Waals surface area contributed by atoms with E-state index in [0.717, 1.165) is 6.07 Å². The lowest BCUT2D eigenvalue weighted by Gasteiger charge is -2.07. The van der Waals surface area contributed by atoms with Crippen LogP contribution in [0.1, 0.15) is 16.1 Å². The zero-order valence-corrected chi connectivity index (χ0v) is 10.2. The Morgan fingerprint density at radius 1 is 1.39 bits per heavy atom. The number of nitrogens with zero attached hydrogens (tertiary/aromatic N) is 1. The molecule has 0 amide bonds. The van der Waals surface area contributed by atoms with Crippen molar-refractivity contribution in [3.63, 3.8) is 0 Å². The van der Waals surface area contributed by atoms with Gasteiger partial charge >= 0.3 is 0 Å². The number of hydrogen-bond acceptors (Lipinski definition) is 3. The zero-order valence-electron chi connectivity index (χ0n) is 9.48. The number of hydrogen-bond donors (Lipinski definition) is 0. The molecule has 0 bridgehead atoms. The predicted molar refractivity (Wildman–Crippen MR) is 65.6 cm³/mol. The van der Waals surface area contributed by atoms with E-state index in [1.807, 2.05) is 0 Å². The number of pyridine rings is 1. The third-order valence-electron chi connectivity index (χ3n) is 2.38. The molecule has 2 rings (SSSR count). The molecule has 3 nitrogen and oxygen atoms in total. The van der Waals surface area contributed by atoms with Crippen LogP contribution in [0.25, 0.3) is 0 Å². The second-order valence-corrected chi connectivity index (χ2v) is 3.91. The van der Waals surface area contributed by atoms with Gasteiger partial charge in [-0.3, -0.25) is 9.78 Å². The molecule has 18 heavy (non-hydrogen) atoms. The summed E-state index contributed by atoms with van der Waals surface area (Å²) in [6.45, 7) is 0. The molecule has 0 saturated heterocycles. The molecule has 0 aliphatic carbocycles. The van der Waals surface area contributed by atoms with Gasteiger partial charge in [-0.1, -0.05) is 11.6 Å². The highest BCUT2D eigenvalue weighted by molar-refractivity contribution is 6.34. The third kappa shape index (κ3) is 2.33. The predicted octanol–water partition coefficient (Wildman–Crippen LogP) is 3.11. The van der Waals surface area contributed by atoms with Crippen molar-refractivity contribution >= 4 is 17.4 Å². The highest BCUT2D eigenvalue weighted by atomic mass is 35.5. The van der Waals surface area contributed by atoms with Gasteiger partial charge in [-0.25, -0.2) is 4.39 Å². The van der Waals surface area contributed by atoms with Crippen LogP contribution < -0.4 is 4.74 Å². The van der Waals surface area contributed by atoms with Gasteiger partial charge in [0.1, 0.15) is 17.3 Å². The first-order valence-corrected chi connectivity index (χ1v) is 5.50. The van der Waals surface area contributed by atoms with E-state index in [1.165, 1.54) is 25.4 Å². The number of halogens is 2. The molecule has 0 fully saturated rings. The van der Waals surface area contributed by atoms with Gasteiger partial charge in [0.2, 0.25) is 5.78 Å². The van der Waals surface area contributed by atoms with Crippen LogP contribution in [0.2, 0.25) is 5.02 Å². The van der Waals surface area contributed by atoms with Gasteiger partial charge in [0.25, 0.3) is 0 Å². The van der Waals surface area contributed by atoms with E-state index in [2.05, 4.69) is 4.98 Å². The van der Waals surface area contributed by atoms with Gasteiger partial charge in [0.05, 0.1) is 17.7 Å². The van der Waals surface area contributed by atoms with Gasteiger partial charge in [-0.2, -0.15) is 0 Å². The van der Waals surface area contributed by atoms with Crippen LogP contribution in [0.3, 0.4) is 0 Å². The Balaban J connectivity index is 2.52. The number of carbonyl (C=O) groups is 1. The summed E-state index contributed by atoms with van der Waals surface area (Å²) < 4.78 is 18.2. The van der Waals surface area contributed by atoms with E-state index >= 15 is 0 Å². The van der Waals surface area contributed by atoms with Crippen LogP contribution in [0.15, 0.2) is 36.5 Å². The summed E-state index contributed by atoms with van der Waals surface area (Å²) in [7, 11) is 1.41. The molecular formula is C13H9ClFNO2. The fourth-order valence-electron chi connectivity index (χ4n) is 1.54. The minimum Gasteiger partial charge on any atom is -0.496 e. The molecule has 2 aromatic rings. The fourth-order valence-corrected chi connectivity index (χ4v) is 1.75. The molecule has 0 aliphatic rings. The molecule has 0 radical (unpaired) electrons. The quantitative estimate of drug-likeness (QED) is 0.801. The van der Waals surface area contributed by atoms with Crippen LogP contribution in [-0.4, -0.2) is 17.9 Å². The van der Waals surface area contributed by atoms with Gasteiger partial charge in [0.15, 0.2) is 0 Å². The van der Waals surface area contributed by atoms with Crippen molar-refractivity contribution in [2.24, 2.45) is 0 Å². The van der Waals surface area contributed by atoms with Crippen molar-refractivity contribution in [3.05, 3.63) is 58.6 Å². The fraction of sp³-hybridized carbons (Fsp3) is 0.0769. The van der Waals surface area contributed by atoms with E-state index in [4.69, 9.17) is 16.3 Å². The molecule has 0 saturated carbocycles. The molecule has 1 aromatic carbocycles. The monoisotopic (exact) mass is 265 g/mol. The summed E-state index contributed by atoms with van der Waals surface area (Å²) in [6, 6.07) is 6.87. The molecule has 0 unspecified atom stereocenters. The number of benzene rings is 1. The minimum atomic E-state index is -0.522. The first-order valence-electron chi connectivity index (χ1n) is 5.12. The van der Waals surface area contributed by atoms with E-state index < -0.39 is 11.6 Å². The number of ketones is 1. The smallest absolute Gasteiger partial charge is 0.216 e. The Morgan fingerprint density at radius 2 is 2.17 bits per heavy atom. The Morgan fingerprint density at radius 3 is 2.83 bits per heavy atom. The van der Waals surface area contributed by atoms with E-state index in [9.17, 15) is 9.18 Å². The number of rotatable bonds is 3. The molecule has 5 heteroatoms.